The Bertz CT molecular complexity index is 835. The van der Waals surface area contributed by atoms with E-state index in [2.05, 4.69) is 74.3 Å². The van der Waals surface area contributed by atoms with Gasteiger partial charge >= 0.3 is 0 Å². The van der Waals surface area contributed by atoms with E-state index in [0.717, 1.165) is 39.2 Å². The number of nitrogens with zero attached hydrogens (tertiary/aromatic N) is 2. The standard InChI is InChI=1S/C22H39BrN2O4SSi2/c1-22(2,3)32(7,8)29-14-16-13-24-9-10-28-18-17(24)19(30-20(18)23)21(26)25(16)15-27-11-12-31(4,5)6/h16H,9-15H2,1-8H3/t16-/m0/s1. The Kier molecular flexibility index (Phi) is 7.94. The number of hydrogen-bond donors (Lipinski definition) is 0. The Morgan fingerprint density at radius 1 is 1.22 bits per heavy atom. The van der Waals surface area contributed by atoms with Crippen LogP contribution >= 0.6 is 27.3 Å². The fourth-order valence-electron chi connectivity index (χ4n) is 3.51. The van der Waals surface area contributed by atoms with Gasteiger partial charge in [0.25, 0.3) is 5.91 Å². The summed E-state index contributed by atoms with van der Waals surface area (Å²) >= 11 is 5.06. The minimum absolute atomic E-state index is 0.0155. The average Bonchev–Trinajstić information content (AvgIpc) is 2.95. The number of carbonyl (C=O) groups is 1. The van der Waals surface area contributed by atoms with Crippen molar-refractivity contribution in [2.75, 3.05) is 44.5 Å². The van der Waals surface area contributed by atoms with Crippen LogP contribution in [-0.4, -0.2) is 72.9 Å². The van der Waals surface area contributed by atoms with Crippen LogP contribution in [0.25, 0.3) is 0 Å². The lowest BCUT2D eigenvalue weighted by Gasteiger charge is -2.40. The fourth-order valence-corrected chi connectivity index (χ4v) is 7.05. The van der Waals surface area contributed by atoms with Gasteiger partial charge in [-0.3, -0.25) is 4.79 Å². The summed E-state index contributed by atoms with van der Waals surface area (Å²) in [6, 6.07) is 1.02. The molecule has 2 aliphatic heterocycles. The molecule has 0 unspecified atom stereocenters. The van der Waals surface area contributed by atoms with Gasteiger partial charge in [-0.1, -0.05) is 40.4 Å². The number of ether oxygens (including phenoxy) is 2. The molecule has 0 saturated carbocycles. The summed E-state index contributed by atoms with van der Waals surface area (Å²) in [5, 5.41) is 0.121. The maximum atomic E-state index is 13.7. The van der Waals surface area contributed by atoms with E-state index in [4.69, 9.17) is 13.9 Å². The molecule has 0 saturated heterocycles. The quantitative estimate of drug-likeness (QED) is 0.293. The summed E-state index contributed by atoms with van der Waals surface area (Å²) in [7, 11) is -3.14. The van der Waals surface area contributed by atoms with E-state index in [9.17, 15) is 4.79 Å². The normalized spacial score (nSPS) is 19.7. The number of hydrogen-bond acceptors (Lipinski definition) is 6. The predicted octanol–water partition coefficient (Wildman–Crippen LogP) is 5.87. The highest BCUT2D eigenvalue weighted by atomic mass is 79.9. The van der Waals surface area contributed by atoms with E-state index < -0.39 is 16.4 Å². The molecule has 0 N–H and O–H groups in total. The van der Waals surface area contributed by atoms with Gasteiger partial charge in [-0.05, 0) is 40.1 Å². The van der Waals surface area contributed by atoms with Crippen molar-refractivity contribution in [3.05, 3.63) is 8.66 Å². The smallest absolute Gasteiger partial charge is 0.268 e. The minimum atomic E-state index is -1.94. The molecule has 0 aromatic carbocycles. The molecule has 1 atom stereocenters. The second-order valence-electron chi connectivity index (χ2n) is 11.5. The molecule has 3 rings (SSSR count). The summed E-state index contributed by atoms with van der Waals surface area (Å²) in [5.41, 5.74) is 0.931. The third-order valence-corrected chi connectivity index (χ3v) is 14.7. The highest BCUT2D eigenvalue weighted by molar-refractivity contribution is 9.11. The van der Waals surface area contributed by atoms with Gasteiger partial charge in [0.2, 0.25) is 0 Å². The Morgan fingerprint density at radius 3 is 2.53 bits per heavy atom. The van der Waals surface area contributed by atoms with E-state index in [1.54, 1.807) is 0 Å². The van der Waals surface area contributed by atoms with Crippen LogP contribution in [0.5, 0.6) is 5.75 Å². The van der Waals surface area contributed by atoms with Gasteiger partial charge in [0.15, 0.2) is 14.1 Å². The van der Waals surface area contributed by atoms with Crippen molar-refractivity contribution in [1.29, 1.82) is 0 Å². The van der Waals surface area contributed by atoms with Crippen molar-refractivity contribution in [1.82, 2.24) is 4.90 Å². The zero-order valence-electron chi connectivity index (χ0n) is 20.8. The maximum Gasteiger partial charge on any atom is 0.268 e. The van der Waals surface area contributed by atoms with Crippen LogP contribution in [0, 0.1) is 0 Å². The molecule has 0 bridgehead atoms. The third kappa shape index (κ3) is 5.80. The predicted molar refractivity (Wildman–Crippen MR) is 142 cm³/mol. The van der Waals surface area contributed by atoms with Crippen LogP contribution in [-0.2, 0) is 9.16 Å². The summed E-state index contributed by atoms with van der Waals surface area (Å²) < 4.78 is 19.5. The Balaban J connectivity index is 1.84. The van der Waals surface area contributed by atoms with E-state index >= 15 is 0 Å². The second-order valence-corrected chi connectivity index (χ2v) is 24.3. The molecule has 1 aromatic heterocycles. The van der Waals surface area contributed by atoms with E-state index in [-0.39, 0.29) is 17.0 Å². The average molecular weight is 564 g/mol. The summed E-state index contributed by atoms with van der Waals surface area (Å²) in [5.74, 6) is 0.817. The molecule has 0 aliphatic carbocycles. The van der Waals surface area contributed by atoms with Crippen molar-refractivity contribution in [3.8, 4) is 5.75 Å². The molecule has 1 aromatic rings. The van der Waals surface area contributed by atoms with Crippen molar-refractivity contribution in [3.63, 3.8) is 0 Å². The number of halogens is 1. The highest BCUT2D eigenvalue weighted by Gasteiger charge is 2.42. The van der Waals surface area contributed by atoms with E-state index in [1.165, 1.54) is 11.3 Å². The molecular formula is C22H39BrN2O4SSi2. The van der Waals surface area contributed by atoms with Crippen LogP contribution in [0.2, 0.25) is 43.8 Å². The molecule has 1 amide bonds. The minimum Gasteiger partial charge on any atom is -0.487 e. The van der Waals surface area contributed by atoms with Crippen LogP contribution < -0.4 is 9.64 Å². The number of amides is 1. The molecule has 32 heavy (non-hydrogen) atoms. The fraction of sp³-hybridized carbons (Fsp3) is 0.773. The monoisotopic (exact) mass is 562 g/mol. The van der Waals surface area contributed by atoms with Crippen molar-refractivity contribution in [2.45, 2.75) is 70.6 Å². The van der Waals surface area contributed by atoms with Gasteiger partial charge in [0.05, 0.1) is 19.2 Å². The van der Waals surface area contributed by atoms with Crippen molar-refractivity contribution >= 4 is 55.3 Å². The molecule has 0 fully saturated rings. The summed E-state index contributed by atoms with van der Waals surface area (Å²) in [6.07, 6.45) is 0. The molecule has 0 radical (unpaired) electrons. The van der Waals surface area contributed by atoms with Crippen molar-refractivity contribution in [2.24, 2.45) is 0 Å². The first-order valence-electron chi connectivity index (χ1n) is 11.4. The van der Waals surface area contributed by atoms with Gasteiger partial charge in [0.1, 0.15) is 27.7 Å². The SMILES string of the molecule is CC(C)(C)[Si](C)(C)OC[C@@H]1CN2CCOc3c(Br)sc(c32)C(=O)N1COCC[Si](C)(C)C. The molecule has 10 heteroatoms. The lowest BCUT2D eigenvalue weighted by atomic mass is 10.2. The van der Waals surface area contributed by atoms with Crippen LogP contribution in [0.4, 0.5) is 5.69 Å². The highest BCUT2D eigenvalue weighted by Crippen LogP contribution is 2.49. The molecule has 2 aliphatic rings. The lowest BCUT2D eigenvalue weighted by Crippen LogP contribution is -2.52. The maximum absolute atomic E-state index is 13.7. The van der Waals surface area contributed by atoms with Gasteiger partial charge in [-0.2, -0.15) is 0 Å². The first kappa shape index (κ1) is 26.2. The summed E-state index contributed by atoms with van der Waals surface area (Å²) in [4.78, 5) is 18.7. The van der Waals surface area contributed by atoms with Gasteiger partial charge in [-0.25, -0.2) is 0 Å². The number of rotatable bonds is 8. The van der Waals surface area contributed by atoms with Crippen LogP contribution in [0.15, 0.2) is 3.79 Å². The lowest BCUT2D eigenvalue weighted by molar-refractivity contribution is 0.00483. The van der Waals surface area contributed by atoms with Crippen molar-refractivity contribution < 1.29 is 18.7 Å². The zero-order valence-corrected chi connectivity index (χ0v) is 25.2. The number of anilines is 1. The second kappa shape index (κ2) is 9.69. The largest absolute Gasteiger partial charge is 0.487 e. The number of carbonyl (C=O) groups excluding carboxylic acids is 1. The van der Waals surface area contributed by atoms with Gasteiger partial charge in [0, 0.05) is 21.2 Å². The van der Waals surface area contributed by atoms with Crippen LogP contribution in [0.1, 0.15) is 30.4 Å². The summed E-state index contributed by atoms with van der Waals surface area (Å²) in [6.45, 7) is 21.9. The Labute approximate surface area is 207 Å². The topological polar surface area (TPSA) is 51.2 Å². The van der Waals surface area contributed by atoms with E-state index in [1.807, 2.05) is 4.90 Å². The van der Waals surface area contributed by atoms with E-state index in [0.29, 0.717) is 26.6 Å². The molecule has 182 valence electrons. The Morgan fingerprint density at radius 2 is 1.91 bits per heavy atom. The number of thiophene rings is 1. The molecule has 0 spiro atoms. The first-order chi connectivity index (χ1) is 14.7. The third-order valence-electron chi connectivity index (χ3n) is 6.72. The van der Waals surface area contributed by atoms with Gasteiger partial charge < -0.3 is 23.7 Å². The van der Waals surface area contributed by atoms with Gasteiger partial charge in [-0.15, -0.1) is 11.3 Å². The molecule has 3 heterocycles. The first-order valence-corrected chi connectivity index (χ1v) is 19.7. The Hall–Kier alpha value is -0.396. The van der Waals surface area contributed by atoms with Crippen LogP contribution in [0.3, 0.4) is 0 Å². The molecular weight excluding hydrogens is 524 g/mol. The zero-order chi connectivity index (χ0) is 23.9. The molecule has 6 nitrogen and oxygen atoms in total.